The molecular formula is C26H22N2O3. The van der Waals surface area contributed by atoms with Gasteiger partial charge in [0, 0.05) is 17.0 Å². The lowest BCUT2D eigenvalue weighted by molar-refractivity contribution is -0.131. The lowest BCUT2D eigenvalue weighted by Crippen LogP contribution is -1.96. The Morgan fingerprint density at radius 2 is 1.77 bits per heavy atom. The standard InChI is InChI=1S/C26H22N2O3/c1-2-21(22-5-3-4-6-24(22)29)26(19-12-13-23-20(15-19)16-27-28-23)18-10-7-17(8-11-18)9-14-25(30)31/h3-16,29H,2H2,1H3,(H,27,28)(H,30,31). The molecule has 0 amide bonds. The average molecular weight is 410 g/mol. The Balaban J connectivity index is 1.92. The Morgan fingerprint density at radius 3 is 2.48 bits per heavy atom. The van der Waals surface area contributed by atoms with Crippen molar-refractivity contribution in [3.63, 3.8) is 0 Å². The van der Waals surface area contributed by atoms with Crippen LogP contribution in [0.15, 0.2) is 79.0 Å². The van der Waals surface area contributed by atoms with Crippen LogP contribution < -0.4 is 0 Å². The van der Waals surface area contributed by atoms with E-state index in [9.17, 15) is 9.90 Å². The van der Waals surface area contributed by atoms with Gasteiger partial charge in [0.05, 0.1) is 11.7 Å². The van der Waals surface area contributed by atoms with Gasteiger partial charge >= 0.3 is 5.97 Å². The molecule has 0 radical (unpaired) electrons. The fraction of sp³-hybridized carbons (Fsp3) is 0.0769. The number of para-hydroxylation sites is 1. The summed E-state index contributed by atoms with van der Waals surface area (Å²) in [5.41, 5.74) is 6.59. The lowest BCUT2D eigenvalue weighted by Gasteiger charge is -2.17. The predicted molar refractivity (Wildman–Crippen MR) is 124 cm³/mol. The molecule has 154 valence electrons. The normalized spacial score (nSPS) is 12.3. The summed E-state index contributed by atoms with van der Waals surface area (Å²) in [5.74, 6) is -0.742. The third kappa shape index (κ3) is 4.26. The highest BCUT2D eigenvalue weighted by atomic mass is 16.4. The molecule has 3 aromatic carbocycles. The van der Waals surface area contributed by atoms with Crippen LogP contribution in [0.3, 0.4) is 0 Å². The minimum absolute atomic E-state index is 0.238. The van der Waals surface area contributed by atoms with E-state index in [0.29, 0.717) is 0 Å². The molecular weight excluding hydrogens is 388 g/mol. The molecule has 0 aliphatic heterocycles. The third-order valence-corrected chi connectivity index (χ3v) is 5.23. The molecule has 4 aromatic rings. The number of aromatic hydroxyl groups is 1. The Kier molecular flexibility index (Phi) is 5.67. The van der Waals surface area contributed by atoms with E-state index >= 15 is 0 Å². The number of benzene rings is 3. The first kappa shape index (κ1) is 20.2. The van der Waals surface area contributed by atoms with Crippen LogP contribution in [0.1, 0.15) is 35.6 Å². The van der Waals surface area contributed by atoms with E-state index in [-0.39, 0.29) is 5.75 Å². The van der Waals surface area contributed by atoms with Crippen LogP contribution in [0, 0.1) is 0 Å². The Hall–Kier alpha value is -4.12. The van der Waals surface area contributed by atoms with Crippen molar-refractivity contribution in [3.05, 3.63) is 101 Å². The van der Waals surface area contributed by atoms with Gasteiger partial charge in [0.2, 0.25) is 0 Å². The maximum Gasteiger partial charge on any atom is 0.328 e. The van der Waals surface area contributed by atoms with E-state index in [0.717, 1.165) is 56.8 Å². The Morgan fingerprint density at radius 1 is 1.03 bits per heavy atom. The second-order valence-corrected chi connectivity index (χ2v) is 7.19. The number of hydrogen-bond acceptors (Lipinski definition) is 3. The number of carboxylic acid groups (broad SMARTS) is 1. The molecule has 5 nitrogen and oxygen atoms in total. The van der Waals surface area contributed by atoms with E-state index in [1.165, 1.54) is 0 Å². The zero-order valence-electron chi connectivity index (χ0n) is 17.0. The van der Waals surface area contributed by atoms with Gasteiger partial charge in [-0.1, -0.05) is 55.5 Å². The molecule has 3 N–H and O–H groups in total. The molecule has 0 fully saturated rings. The first-order valence-electron chi connectivity index (χ1n) is 10.0. The molecule has 0 unspecified atom stereocenters. The van der Waals surface area contributed by atoms with Gasteiger partial charge in [-0.05, 0) is 58.5 Å². The first-order valence-corrected chi connectivity index (χ1v) is 10.0. The summed E-state index contributed by atoms with van der Waals surface area (Å²) < 4.78 is 0. The molecule has 1 heterocycles. The fourth-order valence-corrected chi connectivity index (χ4v) is 3.77. The topological polar surface area (TPSA) is 86.2 Å². The SMILES string of the molecule is CCC(=C(c1ccc(C=CC(=O)O)cc1)c1ccc2[nH]ncc2c1)c1ccccc1O. The number of carboxylic acids is 1. The van der Waals surface area contributed by atoms with Crippen LogP contribution in [0.2, 0.25) is 0 Å². The zero-order chi connectivity index (χ0) is 21.8. The van der Waals surface area contributed by atoms with E-state index in [4.69, 9.17) is 5.11 Å². The van der Waals surface area contributed by atoms with Crippen molar-refractivity contribution in [3.8, 4) is 5.75 Å². The third-order valence-electron chi connectivity index (χ3n) is 5.23. The maximum atomic E-state index is 10.8. The van der Waals surface area contributed by atoms with Crippen LogP contribution in [0.25, 0.3) is 28.1 Å². The highest BCUT2D eigenvalue weighted by Gasteiger charge is 2.16. The smallest absolute Gasteiger partial charge is 0.328 e. The number of aromatic nitrogens is 2. The molecule has 0 bridgehead atoms. The fourth-order valence-electron chi connectivity index (χ4n) is 3.77. The van der Waals surface area contributed by atoms with Crippen molar-refractivity contribution >= 4 is 34.1 Å². The zero-order valence-corrected chi connectivity index (χ0v) is 17.0. The van der Waals surface area contributed by atoms with Crippen molar-refractivity contribution in [1.29, 1.82) is 0 Å². The number of aromatic amines is 1. The molecule has 5 heteroatoms. The maximum absolute atomic E-state index is 10.8. The van der Waals surface area contributed by atoms with Gasteiger partial charge in [-0.3, -0.25) is 5.10 Å². The number of carbonyl (C=O) groups is 1. The number of fused-ring (bicyclic) bond motifs is 1. The predicted octanol–water partition coefficient (Wildman–Crippen LogP) is 5.74. The number of nitrogens with zero attached hydrogens (tertiary/aromatic N) is 1. The molecule has 0 atom stereocenters. The summed E-state index contributed by atoms with van der Waals surface area (Å²) in [5, 5.41) is 27.5. The van der Waals surface area contributed by atoms with E-state index in [1.54, 1.807) is 18.3 Å². The van der Waals surface area contributed by atoms with Gasteiger partial charge in [0.15, 0.2) is 0 Å². The van der Waals surface area contributed by atoms with Crippen molar-refractivity contribution in [2.75, 3.05) is 0 Å². The molecule has 0 aliphatic carbocycles. The Bertz CT molecular complexity index is 1300. The summed E-state index contributed by atoms with van der Waals surface area (Å²) in [7, 11) is 0. The van der Waals surface area contributed by atoms with Crippen LogP contribution in [0.5, 0.6) is 5.75 Å². The minimum atomic E-state index is -0.981. The molecule has 0 saturated carbocycles. The van der Waals surface area contributed by atoms with Crippen molar-refractivity contribution in [1.82, 2.24) is 10.2 Å². The highest BCUT2D eigenvalue weighted by molar-refractivity contribution is 6.01. The molecule has 0 saturated heterocycles. The van der Waals surface area contributed by atoms with Crippen molar-refractivity contribution in [2.24, 2.45) is 0 Å². The summed E-state index contributed by atoms with van der Waals surface area (Å²) >= 11 is 0. The first-order chi connectivity index (χ1) is 15.1. The van der Waals surface area contributed by atoms with Crippen molar-refractivity contribution in [2.45, 2.75) is 13.3 Å². The van der Waals surface area contributed by atoms with Gasteiger partial charge in [-0.15, -0.1) is 0 Å². The molecule has 0 aliphatic rings. The summed E-state index contributed by atoms with van der Waals surface area (Å²) in [4.78, 5) is 10.8. The largest absolute Gasteiger partial charge is 0.507 e. The van der Waals surface area contributed by atoms with Gasteiger partial charge in [0.25, 0.3) is 0 Å². The van der Waals surface area contributed by atoms with Crippen LogP contribution >= 0.6 is 0 Å². The van der Waals surface area contributed by atoms with Crippen LogP contribution in [-0.2, 0) is 4.79 Å². The number of phenols is 1. The van der Waals surface area contributed by atoms with Gasteiger partial charge in [-0.2, -0.15) is 5.10 Å². The van der Waals surface area contributed by atoms with E-state index in [2.05, 4.69) is 23.2 Å². The second kappa shape index (κ2) is 8.71. The molecule has 4 rings (SSSR count). The molecule has 31 heavy (non-hydrogen) atoms. The van der Waals surface area contributed by atoms with E-state index < -0.39 is 5.97 Å². The summed E-state index contributed by atoms with van der Waals surface area (Å²) in [6, 6.07) is 21.2. The molecule has 0 spiro atoms. The minimum Gasteiger partial charge on any atom is -0.507 e. The monoisotopic (exact) mass is 410 g/mol. The second-order valence-electron chi connectivity index (χ2n) is 7.19. The number of nitrogens with one attached hydrogen (secondary N) is 1. The number of allylic oxidation sites excluding steroid dienone is 1. The number of H-pyrrole nitrogens is 1. The van der Waals surface area contributed by atoms with Gasteiger partial charge in [0.1, 0.15) is 5.75 Å². The number of rotatable bonds is 6. The molecule has 1 aromatic heterocycles. The number of aliphatic carboxylic acids is 1. The summed E-state index contributed by atoms with van der Waals surface area (Å²) in [6.45, 7) is 2.07. The highest BCUT2D eigenvalue weighted by Crippen LogP contribution is 2.38. The Labute approximate surface area is 180 Å². The van der Waals surface area contributed by atoms with Gasteiger partial charge < -0.3 is 10.2 Å². The number of hydrogen-bond donors (Lipinski definition) is 3. The number of phenolic OH excluding ortho intramolecular Hbond substituents is 1. The quantitative estimate of drug-likeness (QED) is 0.280. The lowest BCUT2D eigenvalue weighted by atomic mass is 9.87. The summed E-state index contributed by atoms with van der Waals surface area (Å²) in [6.07, 6.45) is 5.20. The average Bonchev–Trinajstić information content (AvgIpc) is 3.25. The van der Waals surface area contributed by atoms with Gasteiger partial charge in [-0.25, -0.2) is 4.79 Å². The van der Waals surface area contributed by atoms with Crippen LogP contribution in [0.4, 0.5) is 0 Å². The van der Waals surface area contributed by atoms with E-state index in [1.807, 2.05) is 54.6 Å². The van der Waals surface area contributed by atoms with Crippen LogP contribution in [-0.4, -0.2) is 26.4 Å². The van der Waals surface area contributed by atoms with Crippen molar-refractivity contribution < 1.29 is 15.0 Å².